The summed E-state index contributed by atoms with van der Waals surface area (Å²) in [5.74, 6) is 0. The van der Waals surface area contributed by atoms with Crippen LogP contribution in [0.4, 0.5) is 5.69 Å². The average molecular weight is 338 g/mol. The Hall–Kier alpha value is 0.766. The molecule has 1 aliphatic rings. The topological polar surface area (TPSA) is 118 Å². The number of primary sulfonamides is 1. The number of benzene rings is 1. The number of sulfonamides is 2. The minimum absolute atomic E-state index is 0. The molecule has 0 aliphatic carbocycles. The SMILES string of the molecule is NS(=O)(=O)c1cc2c(cc1Cl)NCNS2(=O)=O.[KH]. The van der Waals surface area contributed by atoms with E-state index in [1.807, 2.05) is 0 Å². The first kappa shape index (κ1) is 16.8. The van der Waals surface area contributed by atoms with Crippen LogP contribution in [0, 0.1) is 0 Å². The molecule has 2 rings (SSSR count). The van der Waals surface area contributed by atoms with Gasteiger partial charge in [-0.15, -0.1) is 0 Å². The number of nitrogens with one attached hydrogen (secondary N) is 2. The Labute approximate surface area is 152 Å². The van der Waals surface area contributed by atoms with E-state index in [1.165, 1.54) is 6.07 Å². The zero-order chi connectivity index (χ0) is 12.8. The van der Waals surface area contributed by atoms with Crippen molar-refractivity contribution in [1.29, 1.82) is 0 Å². The van der Waals surface area contributed by atoms with Crippen LogP contribution in [0.3, 0.4) is 0 Å². The molecule has 0 radical (unpaired) electrons. The first-order valence-corrected chi connectivity index (χ1v) is 7.72. The molecular weight excluding hydrogens is 329 g/mol. The van der Waals surface area contributed by atoms with Crippen molar-refractivity contribution >= 4 is 88.7 Å². The number of fused-ring (bicyclic) bond motifs is 1. The van der Waals surface area contributed by atoms with Gasteiger partial charge >= 0.3 is 51.4 Å². The van der Waals surface area contributed by atoms with Gasteiger partial charge in [-0.25, -0.2) is 22.0 Å². The van der Waals surface area contributed by atoms with Crippen LogP contribution in [0.25, 0.3) is 0 Å². The average Bonchev–Trinajstić information content (AvgIpc) is 2.13. The van der Waals surface area contributed by atoms with Crippen LogP contribution < -0.4 is 15.2 Å². The second kappa shape index (κ2) is 5.64. The molecule has 0 saturated heterocycles. The molecule has 0 bridgehead atoms. The van der Waals surface area contributed by atoms with Gasteiger partial charge in [0.1, 0.15) is 9.79 Å². The van der Waals surface area contributed by atoms with Gasteiger partial charge < -0.3 is 5.32 Å². The van der Waals surface area contributed by atoms with Crippen molar-refractivity contribution < 1.29 is 16.8 Å². The summed E-state index contributed by atoms with van der Waals surface area (Å²) >= 11 is 5.72. The van der Waals surface area contributed by atoms with E-state index in [0.717, 1.165) is 6.07 Å². The van der Waals surface area contributed by atoms with Crippen molar-refractivity contribution in [3.05, 3.63) is 17.2 Å². The molecule has 1 heterocycles. The summed E-state index contributed by atoms with van der Waals surface area (Å²) in [4.78, 5) is -0.621. The molecule has 18 heavy (non-hydrogen) atoms. The minimum atomic E-state index is -4.07. The Kier molecular flexibility index (Phi) is 5.27. The molecular formula is C7H9ClKN3O4S2. The van der Waals surface area contributed by atoms with Crippen LogP contribution in [-0.4, -0.2) is 74.9 Å². The number of halogens is 1. The van der Waals surface area contributed by atoms with E-state index in [-0.39, 0.29) is 73.7 Å². The summed E-state index contributed by atoms with van der Waals surface area (Å²) in [6, 6.07) is 2.15. The molecule has 0 atom stereocenters. The van der Waals surface area contributed by atoms with Crippen LogP contribution in [0.2, 0.25) is 5.02 Å². The van der Waals surface area contributed by atoms with Crippen LogP contribution in [0.15, 0.2) is 21.9 Å². The van der Waals surface area contributed by atoms with Crippen molar-refractivity contribution in [3.8, 4) is 0 Å². The Bertz CT molecular complexity index is 689. The summed E-state index contributed by atoms with van der Waals surface area (Å²) in [6.45, 7) is 0.0143. The fourth-order valence-electron chi connectivity index (χ4n) is 1.42. The van der Waals surface area contributed by atoms with E-state index in [9.17, 15) is 16.8 Å². The predicted octanol–water partition coefficient (Wildman–Crippen LogP) is -1.000. The predicted molar refractivity (Wildman–Crippen MR) is 68.8 cm³/mol. The Morgan fingerprint density at radius 1 is 1.33 bits per heavy atom. The Balaban J connectivity index is 0.00000162. The van der Waals surface area contributed by atoms with Crippen molar-refractivity contribution in [3.63, 3.8) is 0 Å². The van der Waals surface area contributed by atoms with Gasteiger partial charge in [0, 0.05) is 0 Å². The van der Waals surface area contributed by atoms with E-state index in [1.54, 1.807) is 0 Å². The Morgan fingerprint density at radius 2 is 1.94 bits per heavy atom. The first-order chi connectivity index (χ1) is 7.72. The first-order valence-electron chi connectivity index (χ1n) is 4.32. The number of hydrogen-bond donors (Lipinski definition) is 3. The van der Waals surface area contributed by atoms with Gasteiger partial charge in [-0.3, -0.25) is 0 Å². The second-order valence-corrected chi connectivity index (χ2v) is 7.00. The quantitative estimate of drug-likeness (QED) is 0.568. The summed E-state index contributed by atoms with van der Waals surface area (Å²) < 4.78 is 47.9. The molecule has 11 heteroatoms. The number of nitrogens with two attached hydrogens (primary N) is 1. The van der Waals surface area contributed by atoms with E-state index in [2.05, 4.69) is 10.0 Å². The molecule has 1 aromatic carbocycles. The van der Waals surface area contributed by atoms with Gasteiger partial charge in [-0.2, -0.15) is 4.72 Å². The molecule has 0 saturated carbocycles. The van der Waals surface area contributed by atoms with Gasteiger partial charge in [0.05, 0.1) is 17.4 Å². The molecule has 7 nitrogen and oxygen atoms in total. The fourth-order valence-corrected chi connectivity index (χ4v) is 3.70. The summed E-state index contributed by atoms with van der Waals surface area (Å²) in [5.41, 5.74) is 0.237. The van der Waals surface area contributed by atoms with Crippen molar-refractivity contribution in [2.24, 2.45) is 5.14 Å². The summed E-state index contributed by atoms with van der Waals surface area (Å²) in [6.07, 6.45) is 0. The van der Waals surface area contributed by atoms with Crippen LogP contribution in [0.5, 0.6) is 0 Å². The molecule has 0 fully saturated rings. The third-order valence-electron chi connectivity index (χ3n) is 2.17. The normalized spacial score (nSPS) is 17.2. The summed E-state index contributed by atoms with van der Waals surface area (Å²) in [7, 11) is -7.80. The molecule has 0 aromatic heterocycles. The number of hydrogen-bond acceptors (Lipinski definition) is 5. The number of rotatable bonds is 1. The van der Waals surface area contributed by atoms with Crippen molar-refractivity contribution in [2.45, 2.75) is 9.79 Å². The molecule has 0 amide bonds. The van der Waals surface area contributed by atoms with E-state index in [4.69, 9.17) is 16.7 Å². The zero-order valence-corrected chi connectivity index (χ0v) is 10.7. The maximum absolute atomic E-state index is 11.6. The van der Waals surface area contributed by atoms with Crippen LogP contribution >= 0.6 is 11.6 Å². The molecule has 1 aromatic rings. The van der Waals surface area contributed by atoms with Gasteiger partial charge in [-0.05, 0) is 12.1 Å². The van der Waals surface area contributed by atoms with Gasteiger partial charge in [-0.1, -0.05) is 11.6 Å². The molecule has 1 aliphatic heterocycles. The van der Waals surface area contributed by atoms with Gasteiger partial charge in [0.15, 0.2) is 0 Å². The van der Waals surface area contributed by atoms with Crippen molar-refractivity contribution in [1.82, 2.24) is 4.72 Å². The monoisotopic (exact) mass is 337 g/mol. The van der Waals surface area contributed by atoms with Crippen LogP contribution in [0.1, 0.15) is 0 Å². The second-order valence-electron chi connectivity index (χ2n) is 3.33. The fraction of sp³-hybridized carbons (Fsp3) is 0.143. The molecule has 4 N–H and O–H groups in total. The van der Waals surface area contributed by atoms with E-state index in [0.29, 0.717) is 0 Å². The zero-order valence-electron chi connectivity index (χ0n) is 8.27. The Morgan fingerprint density at radius 3 is 2.50 bits per heavy atom. The van der Waals surface area contributed by atoms with Crippen molar-refractivity contribution in [2.75, 3.05) is 12.0 Å². The third kappa shape index (κ3) is 3.26. The van der Waals surface area contributed by atoms with Crippen LogP contribution in [-0.2, 0) is 20.0 Å². The van der Waals surface area contributed by atoms with Gasteiger partial charge in [0.2, 0.25) is 20.0 Å². The third-order valence-corrected chi connectivity index (χ3v) is 4.99. The van der Waals surface area contributed by atoms with Gasteiger partial charge in [0.25, 0.3) is 0 Å². The molecule has 0 unspecified atom stereocenters. The maximum atomic E-state index is 11.6. The summed E-state index contributed by atoms with van der Waals surface area (Å²) in [5, 5.41) is 7.53. The number of anilines is 1. The van der Waals surface area contributed by atoms with E-state index < -0.39 is 24.9 Å². The standard InChI is InChI=1S/C7H8ClN3O4S2.K.H/c8-4-1-5-7(2-6(4)16(9,12)13)17(14,15)11-3-10-5;;/h1-2,10-11H,3H2,(H2,9,12,13);;. The van der Waals surface area contributed by atoms with E-state index >= 15 is 0 Å². The molecule has 96 valence electrons. The molecule has 0 spiro atoms.